The molecular weight excluding hydrogens is 225 g/mol. The van der Waals surface area contributed by atoms with Crippen LogP contribution in [-0.4, -0.2) is 38.6 Å². The maximum Gasteiger partial charge on any atom is 0.165 e. The zero-order valence-corrected chi connectivity index (χ0v) is 9.91. The molecule has 1 aromatic rings. The van der Waals surface area contributed by atoms with Crippen LogP contribution in [0.25, 0.3) is 0 Å². The Morgan fingerprint density at radius 3 is 2.88 bits per heavy atom. The third kappa shape index (κ3) is 4.68. The van der Waals surface area contributed by atoms with Crippen LogP contribution in [-0.2, 0) is 11.3 Å². The molecule has 0 aromatic heterocycles. The molecule has 0 amide bonds. The predicted octanol–water partition coefficient (Wildman–Crippen LogP) is 0.933. The van der Waals surface area contributed by atoms with Gasteiger partial charge in [0, 0.05) is 25.8 Å². The highest BCUT2D eigenvalue weighted by Crippen LogP contribution is 2.22. The molecule has 1 aromatic carbocycles. The Hall–Kier alpha value is -1.17. The first-order valence-electron chi connectivity index (χ1n) is 5.50. The summed E-state index contributed by atoms with van der Waals surface area (Å²) >= 11 is 0. The number of hydrogen-bond donors (Lipinski definition) is 2. The lowest BCUT2D eigenvalue weighted by atomic mass is 10.2. The second kappa shape index (κ2) is 8.00. The molecule has 96 valence electrons. The summed E-state index contributed by atoms with van der Waals surface area (Å²) < 4.78 is 23.6. The fourth-order valence-corrected chi connectivity index (χ4v) is 1.40. The molecule has 0 heterocycles. The molecule has 0 fully saturated rings. The first-order valence-corrected chi connectivity index (χ1v) is 5.50. The van der Waals surface area contributed by atoms with Crippen molar-refractivity contribution in [3.63, 3.8) is 0 Å². The highest BCUT2D eigenvalue weighted by Gasteiger charge is 2.09. The molecule has 1 rings (SSSR count). The highest BCUT2D eigenvalue weighted by atomic mass is 19.1. The number of benzene rings is 1. The van der Waals surface area contributed by atoms with Crippen LogP contribution in [0.4, 0.5) is 4.39 Å². The zero-order valence-electron chi connectivity index (χ0n) is 9.91. The van der Waals surface area contributed by atoms with Crippen LogP contribution in [0.15, 0.2) is 18.2 Å². The topological polar surface area (TPSA) is 50.7 Å². The van der Waals surface area contributed by atoms with Gasteiger partial charge in [-0.05, 0) is 6.07 Å². The molecule has 17 heavy (non-hydrogen) atoms. The van der Waals surface area contributed by atoms with E-state index in [4.69, 9.17) is 14.6 Å². The Morgan fingerprint density at radius 2 is 2.18 bits per heavy atom. The zero-order chi connectivity index (χ0) is 12.5. The highest BCUT2D eigenvalue weighted by molar-refractivity contribution is 5.34. The number of para-hydroxylation sites is 1. The van der Waals surface area contributed by atoms with Gasteiger partial charge in [-0.2, -0.15) is 0 Å². The number of halogens is 1. The first-order chi connectivity index (χ1) is 8.29. The quantitative estimate of drug-likeness (QED) is 0.667. The molecule has 4 nitrogen and oxygen atoms in total. The standard InChI is InChI=1S/C12H18FNO3/c1-16-7-5-14-9-10-3-2-4-11(13)12(10)17-8-6-15/h2-4,14-15H,5-9H2,1H3. The third-order valence-electron chi connectivity index (χ3n) is 2.18. The lowest BCUT2D eigenvalue weighted by Crippen LogP contribution is -2.19. The van der Waals surface area contributed by atoms with Crippen LogP contribution >= 0.6 is 0 Å². The number of ether oxygens (including phenoxy) is 2. The van der Waals surface area contributed by atoms with Gasteiger partial charge in [0.05, 0.1) is 13.2 Å². The van der Waals surface area contributed by atoms with E-state index in [-0.39, 0.29) is 19.0 Å². The van der Waals surface area contributed by atoms with Crippen molar-refractivity contribution in [2.45, 2.75) is 6.54 Å². The summed E-state index contributed by atoms with van der Waals surface area (Å²) in [6, 6.07) is 4.76. The minimum absolute atomic E-state index is 0.0893. The van der Waals surface area contributed by atoms with Gasteiger partial charge in [0.25, 0.3) is 0 Å². The summed E-state index contributed by atoms with van der Waals surface area (Å²) in [6.07, 6.45) is 0. The molecule has 0 radical (unpaired) electrons. The lowest BCUT2D eigenvalue weighted by Gasteiger charge is -2.12. The molecule has 0 aliphatic heterocycles. The van der Waals surface area contributed by atoms with E-state index >= 15 is 0 Å². The maximum absolute atomic E-state index is 13.5. The maximum atomic E-state index is 13.5. The van der Waals surface area contributed by atoms with Gasteiger partial charge >= 0.3 is 0 Å². The van der Waals surface area contributed by atoms with Gasteiger partial charge in [-0.3, -0.25) is 0 Å². The second-order valence-electron chi connectivity index (χ2n) is 3.47. The van der Waals surface area contributed by atoms with Gasteiger partial charge in [-0.15, -0.1) is 0 Å². The molecule has 2 N–H and O–H groups in total. The minimum Gasteiger partial charge on any atom is -0.488 e. The molecule has 0 unspecified atom stereocenters. The Morgan fingerprint density at radius 1 is 1.35 bits per heavy atom. The largest absolute Gasteiger partial charge is 0.488 e. The normalized spacial score (nSPS) is 10.5. The minimum atomic E-state index is -0.413. The Balaban J connectivity index is 2.59. The van der Waals surface area contributed by atoms with Crippen LogP contribution in [0.3, 0.4) is 0 Å². The van der Waals surface area contributed by atoms with Crippen LogP contribution in [0.1, 0.15) is 5.56 Å². The van der Waals surface area contributed by atoms with Crippen LogP contribution in [0.2, 0.25) is 0 Å². The molecule has 0 atom stereocenters. The van der Waals surface area contributed by atoms with Gasteiger partial charge < -0.3 is 19.9 Å². The third-order valence-corrected chi connectivity index (χ3v) is 2.18. The summed E-state index contributed by atoms with van der Waals surface area (Å²) in [6.45, 7) is 1.74. The SMILES string of the molecule is COCCNCc1cccc(F)c1OCCO. The average Bonchev–Trinajstić information content (AvgIpc) is 2.34. The van der Waals surface area contributed by atoms with Crippen molar-refractivity contribution in [3.05, 3.63) is 29.6 Å². The lowest BCUT2D eigenvalue weighted by molar-refractivity contribution is 0.193. The van der Waals surface area contributed by atoms with E-state index in [1.54, 1.807) is 19.2 Å². The molecule has 0 bridgehead atoms. The fraction of sp³-hybridized carbons (Fsp3) is 0.500. The monoisotopic (exact) mass is 243 g/mol. The summed E-state index contributed by atoms with van der Waals surface area (Å²) in [5.74, 6) is -0.212. The van der Waals surface area contributed by atoms with Gasteiger partial charge in [-0.25, -0.2) is 4.39 Å². The smallest absolute Gasteiger partial charge is 0.165 e. The number of aliphatic hydroxyl groups excluding tert-OH is 1. The molecule has 0 saturated heterocycles. The van der Waals surface area contributed by atoms with E-state index in [1.165, 1.54) is 6.07 Å². The Labute approximate surface area is 100 Å². The van der Waals surface area contributed by atoms with Crippen molar-refractivity contribution < 1.29 is 19.0 Å². The van der Waals surface area contributed by atoms with E-state index in [1.807, 2.05) is 0 Å². The van der Waals surface area contributed by atoms with Crippen molar-refractivity contribution >= 4 is 0 Å². The average molecular weight is 243 g/mol. The van der Waals surface area contributed by atoms with Crippen molar-refractivity contribution in [2.24, 2.45) is 0 Å². The molecule has 0 aliphatic rings. The molecular formula is C12H18FNO3. The summed E-state index contributed by atoms with van der Waals surface area (Å²) in [5.41, 5.74) is 0.731. The second-order valence-corrected chi connectivity index (χ2v) is 3.47. The van der Waals surface area contributed by atoms with E-state index in [9.17, 15) is 4.39 Å². The van der Waals surface area contributed by atoms with Crippen LogP contribution < -0.4 is 10.1 Å². The van der Waals surface area contributed by atoms with Crippen LogP contribution in [0.5, 0.6) is 5.75 Å². The fourth-order valence-electron chi connectivity index (χ4n) is 1.40. The van der Waals surface area contributed by atoms with Gasteiger partial charge in [0.2, 0.25) is 0 Å². The van der Waals surface area contributed by atoms with E-state index < -0.39 is 5.82 Å². The number of rotatable bonds is 8. The number of hydrogen-bond acceptors (Lipinski definition) is 4. The Kier molecular flexibility index (Phi) is 6.54. The van der Waals surface area contributed by atoms with Crippen molar-refractivity contribution in [1.82, 2.24) is 5.32 Å². The number of aliphatic hydroxyl groups is 1. The summed E-state index contributed by atoms with van der Waals surface area (Å²) in [7, 11) is 1.62. The first kappa shape index (κ1) is 13.9. The van der Waals surface area contributed by atoms with Gasteiger partial charge in [0.1, 0.15) is 6.61 Å². The van der Waals surface area contributed by atoms with Gasteiger partial charge in [-0.1, -0.05) is 12.1 Å². The molecule has 0 saturated carbocycles. The van der Waals surface area contributed by atoms with Gasteiger partial charge in [0.15, 0.2) is 11.6 Å². The van der Waals surface area contributed by atoms with Crippen molar-refractivity contribution in [2.75, 3.05) is 33.5 Å². The van der Waals surface area contributed by atoms with E-state index in [2.05, 4.69) is 5.32 Å². The molecule has 5 heteroatoms. The molecule has 0 aliphatic carbocycles. The summed E-state index contributed by atoms with van der Waals surface area (Å²) in [5, 5.41) is 11.8. The van der Waals surface area contributed by atoms with Crippen molar-refractivity contribution in [3.8, 4) is 5.75 Å². The van der Waals surface area contributed by atoms with E-state index in [0.29, 0.717) is 19.7 Å². The van der Waals surface area contributed by atoms with Crippen molar-refractivity contribution in [1.29, 1.82) is 0 Å². The summed E-state index contributed by atoms with van der Waals surface area (Å²) in [4.78, 5) is 0. The predicted molar refractivity (Wildman–Crippen MR) is 62.6 cm³/mol. The number of nitrogens with one attached hydrogen (secondary N) is 1. The number of methoxy groups -OCH3 is 1. The Bertz CT molecular complexity index is 334. The van der Waals surface area contributed by atoms with Crippen LogP contribution in [0, 0.1) is 5.82 Å². The molecule has 0 spiro atoms. The van der Waals surface area contributed by atoms with E-state index in [0.717, 1.165) is 5.56 Å².